The summed E-state index contributed by atoms with van der Waals surface area (Å²) < 4.78 is 0. The molecule has 1 atom stereocenters. The predicted octanol–water partition coefficient (Wildman–Crippen LogP) is 2.25. The minimum Gasteiger partial charge on any atom is -0.321 e. The molecule has 2 N–H and O–H groups in total. The van der Waals surface area contributed by atoms with E-state index in [-0.39, 0.29) is 11.0 Å². The third-order valence-electron chi connectivity index (χ3n) is 2.67. The van der Waals surface area contributed by atoms with Gasteiger partial charge in [-0.1, -0.05) is 37.6 Å². The van der Waals surface area contributed by atoms with Crippen molar-refractivity contribution in [1.29, 1.82) is 0 Å². The van der Waals surface area contributed by atoms with Gasteiger partial charge in [-0.05, 0) is 13.8 Å². The lowest BCUT2D eigenvalue weighted by Gasteiger charge is -2.39. The lowest BCUT2D eigenvalue weighted by molar-refractivity contribution is 0.302. The van der Waals surface area contributed by atoms with Gasteiger partial charge in [-0.25, -0.2) is 0 Å². The zero-order chi connectivity index (χ0) is 8.70. The molecule has 0 bridgehead atoms. The Hall–Kier alpha value is -0.560. The van der Waals surface area contributed by atoms with Crippen molar-refractivity contribution in [1.82, 2.24) is 0 Å². The molecule has 0 spiro atoms. The third-order valence-corrected chi connectivity index (χ3v) is 2.67. The molecule has 0 heterocycles. The molecule has 1 rings (SSSR count). The summed E-state index contributed by atoms with van der Waals surface area (Å²) in [7, 11) is 0. The summed E-state index contributed by atoms with van der Waals surface area (Å²) in [6, 6.07) is 0. The molecule has 0 fully saturated rings. The van der Waals surface area contributed by atoms with Crippen LogP contribution in [0.3, 0.4) is 0 Å². The summed E-state index contributed by atoms with van der Waals surface area (Å²) in [6.07, 6.45) is 6.40. The average Bonchev–Trinajstić information content (AvgIpc) is 1.80. The molecular weight excluding hydrogens is 134 g/mol. The molecule has 0 saturated carbocycles. The van der Waals surface area contributed by atoms with Crippen molar-refractivity contribution in [3.05, 3.63) is 23.8 Å². The Bertz CT molecular complexity index is 219. The molecule has 0 amide bonds. The molecule has 11 heavy (non-hydrogen) atoms. The number of hydrogen-bond donors (Lipinski definition) is 1. The molecule has 0 aliphatic heterocycles. The maximum atomic E-state index is 6.09. The van der Waals surface area contributed by atoms with Gasteiger partial charge in [0, 0.05) is 11.0 Å². The second-order valence-electron chi connectivity index (χ2n) is 4.23. The van der Waals surface area contributed by atoms with Crippen molar-refractivity contribution in [2.75, 3.05) is 0 Å². The highest BCUT2D eigenvalue weighted by molar-refractivity contribution is 5.32. The number of rotatable bonds is 0. The molecule has 1 aliphatic rings. The summed E-state index contributed by atoms with van der Waals surface area (Å²) in [4.78, 5) is 0. The minimum absolute atomic E-state index is 0.0752. The highest BCUT2D eigenvalue weighted by Gasteiger charge is 2.35. The van der Waals surface area contributed by atoms with Crippen LogP contribution in [0.5, 0.6) is 0 Å². The van der Waals surface area contributed by atoms with Crippen molar-refractivity contribution in [2.45, 2.75) is 33.2 Å². The molecule has 62 valence electrons. The van der Waals surface area contributed by atoms with Crippen LogP contribution in [0.4, 0.5) is 0 Å². The smallest absolute Gasteiger partial charge is 0.0400 e. The van der Waals surface area contributed by atoms with Crippen molar-refractivity contribution in [3.8, 4) is 0 Å². The van der Waals surface area contributed by atoms with E-state index in [9.17, 15) is 0 Å². The van der Waals surface area contributed by atoms with Gasteiger partial charge >= 0.3 is 0 Å². The summed E-state index contributed by atoms with van der Waals surface area (Å²) in [5, 5.41) is 0. The molecule has 1 nitrogen and oxygen atoms in total. The van der Waals surface area contributed by atoms with Gasteiger partial charge in [0.05, 0.1) is 0 Å². The van der Waals surface area contributed by atoms with E-state index in [2.05, 4.69) is 45.9 Å². The summed E-state index contributed by atoms with van der Waals surface area (Å²) in [6.45, 7) is 8.50. The predicted molar refractivity (Wildman–Crippen MR) is 49.3 cm³/mol. The molecule has 1 aliphatic carbocycles. The van der Waals surface area contributed by atoms with Crippen molar-refractivity contribution in [3.63, 3.8) is 0 Å². The third kappa shape index (κ3) is 1.38. The van der Waals surface area contributed by atoms with Gasteiger partial charge in [-0.3, -0.25) is 0 Å². The van der Waals surface area contributed by atoms with Gasteiger partial charge in [0.25, 0.3) is 0 Å². The van der Waals surface area contributed by atoms with Crippen LogP contribution in [0.25, 0.3) is 0 Å². The number of allylic oxidation sites excluding steroid dienone is 2. The van der Waals surface area contributed by atoms with E-state index in [0.29, 0.717) is 0 Å². The standard InChI is InChI=1S/C10H17N/c1-8-5-6-10(4,11)9(2,3)7-8/h5-7H,11H2,1-4H3. The quantitative estimate of drug-likeness (QED) is 0.564. The van der Waals surface area contributed by atoms with E-state index in [1.165, 1.54) is 5.57 Å². The van der Waals surface area contributed by atoms with Gasteiger partial charge < -0.3 is 5.73 Å². The lowest BCUT2D eigenvalue weighted by Crippen LogP contribution is -2.48. The monoisotopic (exact) mass is 151 g/mol. The number of hydrogen-bond acceptors (Lipinski definition) is 1. The van der Waals surface area contributed by atoms with E-state index in [1.54, 1.807) is 0 Å². The zero-order valence-corrected chi connectivity index (χ0v) is 7.81. The molecule has 0 aromatic carbocycles. The first-order valence-electron chi connectivity index (χ1n) is 4.03. The van der Waals surface area contributed by atoms with Crippen LogP contribution in [-0.2, 0) is 0 Å². The highest BCUT2D eigenvalue weighted by atomic mass is 14.8. The normalized spacial score (nSPS) is 35.2. The number of nitrogens with two attached hydrogens (primary N) is 1. The Morgan fingerprint density at radius 3 is 2.18 bits per heavy atom. The van der Waals surface area contributed by atoms with E-state index < -0.39 is 0 Å². The Labute approximate surface area is 69.0 Å². The molecule has 0 saturated heterocycles. The lowest BCUT2D eigenvalue weighted by atomic mass is 9.70. The topological polar surface area (TPSA) is 26.0 Å². The minimum atomic E-state index is -0.202. The van der Waals surface area contributed by atoms with Gasteiger partial charge in [0.2, 0.25) is 0 Å². The Balaban J connectivity index is 3.04. The second-order valence-corrected chi connectivity index (χ2v) is 4.23. The molecule has 1 unspecified atom stereocenters. The highest BCUT2D eigenvalue weighted by Crippen LogP contribution is 2.35. The fourth-order valence-electron chi connectivity index (χ4n) is 1.29. The van der Waals surface area contributed by atoms with Crippen molar-refractivity contribution < 1.29 is 0 Å². The van der Waals surface area contributed by atoms with Crippen LogP contribution in [-0.4, -0.2) is 5.54 Å². The summed E-state index contributed by atoms with van der Waals surface area (Å²) in [5.41, 5.74) is 7.26. The summed E-state index contributed by atoms with van der Waals surface area (Å²) in [5.74, 6) is 0. The first-order chi connectivity index (χ1) is 4.85. The molecule has 1 heteroatoms. The first-order valence-corrected chi connectivity index (χ1v) is 4.03. The van der Waals surface area contributed by atoms with E-state index >= 15 is 0 Å². The zero-order valence-electron chi connectivity index (χ0n) is 7.81. The van der Waals surface area contributed by atoms with Gasteiger partial charge in [-0.2, -0.15) is 0 Å². The van der Waals surface area contributed by atoms with E-state index in [1.807, 2.05) is 0 Å². The molecule has 0 radical (unpaired) electrons. The maximum Gasteiger partial charge on any atom is 0.0400 e. The van der Waals surface area contributed by atoms with Crippen LogP contribution < -0.4 is 5.73 Å². The van der Waals surface area contributed by atoms with Crippen LogP contribution in [0, 0.1) is 5.41 Å². The second kappa shape index (κ2) is 2.21. The molecular formula is C10H17N. The fourth-order valence-corrected chi connectivity index (χ4v) is 1.29. The van der Waals surface area contributed by atoms with Crippen LogP contribution in [0.15, 0.2) is 23.8 Å². The molecule has 0 aromatic heterocycles. The van der Waals surface area contributed by atoms with Gasteiger partial charge in [0.1, 0.15) is 0 Å². The van der Waals surface area contributed by atoms with Gasteiger partial charge in [-0.15, -0.1) is 0 Å². The Kier molecular flexibility index (Phi) is 1.72. The Morgan fingerprint density at radius 2 is 1.82 bits per heavy atom. The van der Waals surface area contributed by atoms with Crippen molar-refractivity contribution in [2.24, 2.45) is 11.1 Å². The molecule has 0 aromatic rings. The first kappa shape index (κ1) is 8.54. The van der Waals surface area contributed by atoms with Crippen LogP contribution in [0.1, 0.15) is 27.7 Å². The summed E-state index contributed by atoms with van der Waals surface area (Å²) >= 11 is 0. The average molecular weight is 151 g/mol. The van der Waals surface area contributed by atoms with E-state index in [4.69, 9.17) is 5.73 Å². The SMILES string of the molecule is CC1=CC(C)(C)C(C)(N)C=C1. The van der Waals surface area contributed by atoms with Crippen molar-refractivity contribution >= 4 is 0 Å². The van der Waals surface area contributed by atoms with Crippen LogP contribution >= 0.6 is 0 Å². The maximum absolute atomic E-state index is 6.09. The Morgan fingerprint density at radius 1 is 1.27 bits per heavy atom. The van der Waals surface area contributed by atoms with Gasteiger partial charge in [0.15, 0.2) is 0 Å². The fraction of sp³-hybridized carbons (Fsp3) is 0.600. The van der Waals surface area contributed by atoms with Crippen LogP contribution in [0.2, 0.25) is 0 Å². The largest absolute Gasteiger partial charge is 0.321 e. The van der Waals surface area contributed by atoms with E-state index in [0.717, 1.165) is 0 Å².